The van der Waals surface area contributed by atoms with Gasteiger partial charge in [0.1, 0.15) is 11.9 Å². The van der Waals surface area contributed by atoms with E-state index in [0.29, 0.717) is 37.9 Å². The molecule has 5 atom stereocenters. The summed E-state index contributed by atoms with van der Waals surface area (Å²) in [6.45, 7) is 5.54. The van der Waals surface area contributed by atoms with Gasteiger partial charge in [-0.25, -0.2) is 14.8 Å². The second kappa shape index (κ2) is 17.6. The molecule has 2 saturated heterocycles. The molecule has 2 bridgehead atoms. The van der Waals surface area contributed by atoms with Crippen molar-refractivity contribution in [1.29, 1.82) is 0 Å². The van der Waals surface area contributed by atoms with Crippen molar-refractivity contribution in [2.24, 2.45) is 23.7 Å². The fourth-order valence-electron chi connectivity index (χ4n) is 9.04. The molecule has 308 valence electrons. The number of nitrogens with zero attached hydrogens (tertiary/aromatic N) is 4. The van der Waals surface area contributed by atoms with Gasteiger partial charge in [0.2, 0.25) is 11.8 Å². The van der Waals surface area contributed by atoms with Gasteiger partial charge >= 0.3 is 6.09 Å². The third kappa shape index (κ3) is 8.93. The first-order valence-corrected chi connectivity index (χ1v) is 20.5. The molecule has 3 amide bonds. The number of likely N-dealkylation sites (tertiary alicyclic amines) is 1. The molecule has 14 nitrogen and oxygen atoms in total. The number of aromatic nitrogens is 5. The number of carbonyl (C=O) groups is 3. The van der Waals surface area contributed by atoms with E-state index in [1.54, 1.807) is 36.0 Å². The van der Waals surface area contributed by atoms with Crippen LogP contribution in [-0.2, 0) is 30.3 Å². The second-order valence-corrected chi connectivity index (χ2v) is 16.3. The van der Waals surface area contributed by atoms with Crippen LogP contribution in [-0.4, -0.2) is 86.4 Å². The maximum absolute atomic E-state index is 13.8. The summed E-state index contributed by atoms with van der Waals surface area (Å²) in [7, 11) is 1.28. The van der Waals surface area contributed by atoms with Crippen molar-refractivity contribution in [3.05, 3.63) is 103 Å². The lowest BCUT2D eigenvalue weighted by Gasteiger charge is -2.30. The van der Waals surface area contributed by atoms with E-state index in [0.717, 1.165) is 51.5 Å². The van der Waals surface area contributed by atoms with E-state index in [4.69, 9.17) is 14.2 Å². The van der Waals surface area contributed by atoms with Crippen molar-refractivity contribution in [3.63, 3.8) is 0 Å². The fraction of sp³-hybridized carbons (Fsp3) is 0.422. The number of hydrogen-bond donors (Lipinski definition) is 4. The number of carbonyl (C=O) groups excluding carboxylic acids is 3. The van der Waals surface area contributed by atoms with E-state index < -0.39 is 24.0 Å². The van der Waals surface area contributed by atoms with E-state index in [2.05, 4.69) is 72.0 Å². The molecule has 14 heteroatoms. The quantitative estimate of drug-likeness (QED) is 0.120. The Morgan fingerprint density at radius 2 is 1.61 bits per heavy atom. The first-order chi connectivity index (χ1) is 28.7. The maximum Gasteiger partial charge on any atom is 0.407 e. The number of amides is 3. The molecule has 2 aromatic carbocycles. The number of imidazole rings is 2. The number of pyridine rings is 1. The lowest BCUT2D eigenvalue weighted by Crippen LogP contribution is -2.52. The Morgan fingerprint density at radius 3 is 2.20 bits per heavy atom. The van der Waals surface area contributed by atoms with E-state index in [1.165, 1.54) is 26.4 Å². The van der Waals surface area contributed by atoms with Crippen molar-refractivity contribution in [2.45, 2.75) is 70.4 Å². The minimum absolute atomic E-state index is 0.161. The average Bonchev–Trinajstić information content (AvgIpc) is 4.14. The van der Waals surface area contributed by atoms with Crippen LogP contribution in [0.1, 0.15) is 63.4 Å². The van der Waals surface area contributed by atoms with Gasteiger partial charge in [-0.2, -0.15) is 0 Å². The zero-order valence-corrected chi connectivity index (χ0v) is 33.7. The number of benzene rings is 2. The number of rotatable bonds is 10. The monoisotopic (exact) mass is 800 g/mol. The normalized spacial score (nSPS) is 21.9. The molecular weight excluding hydrogens is 749 g/mol. The van der Waals surface area contributed by atoms with Gasteiger partial charge in [-0.15, -0.1) is 0 Å². The van der Waals surface area contributed by atoms with Crippen LogP contribution in [0.2, 0.25) is 0 Å². The molecule has 3 aromatic heterocycles. The zero-order chi connectivity index (χ0) is 40.9. The van der Waals surface area contributed by atoms with Gasteiger partial charge in [0.05, 0.1) is 63.0 Å². The van der Waals surface area contributed by atoms with Crippen molar-refractivity contribution in [2.75, 3.05) is 26.9 Å². The van der Waals surface area contributed by atoms with E-state index in [9.17, 15) is 14.4 Å². The predicted molar refractivity (Wildman–Crippen MR) is 220 cm³/mol. The summed E-state index contributed by atoms with van der Waals surface area (Å²) in [5.74, 6) is 1.36. The SMILES string of the molecule is COC(=O)NC(C(=O)N1CC2(CC1c1ncc(-c3ccc(-c4ccc(-c5cnc[nH]5)cc4)cc3)[nH]1)OCCO2)C(C)C.O=C(NCc1cccnc1)C1CC2CCC1C2. The summed E-state index contributed by atoms with van der Waals surface area (Å²) in [4.78, 5) is 58.9. The molecule has 5 aromatic rings. The number of fused-ring (bicyclic) bond motifs is 2. The predicted octanol–water partition coefficient (Wildman–Crippen LogP) is 6.66. The minimum Gasteiger partial charge on any atom is -0.453 e. The standard InChI is InChI=1S/C31H34N6O5.C14H18N2O/c1-19(2)27(36-30(39)40-3)29(38)37-17-31(41-12-13-42-31)14-26(37)28-33-16-25(35-28)23-10-6-21(7-11-23)20-4-8-22(9-5-20)24-15-32-18-34-24;17-14(13-7-10-3-4-12(13)6-10)16-9-11-2-1-5-15-8-11/h4-11,15-16,18-19,26-27H,12-14,17H2,1-3H3,(H,32,34)(H,33,35)(H,36,39);1-2,5,8,10,12-13H,3-4,6-7,9H2,(H,16,17). The number of aromatic amines is 2. The van der Waals surface area contributed by atoms with Gasteiger partial charge in [-0.3, -0.25) is 14.6 Å². The Morgan fingerprint density at radius 1 is 0.898 bits per heavy atom. The molecule has 0 radical (unpaired) electrons. The van der Waals surface area contributed by atoms with Crippen molar-refractivity contribution >= 4 is 17.9 Å². The van der Waals surface area contributed by atoms with Crippen LogP contribution in [0.15, 0.2) is 91.8 Å². The first kappa shape index (κ1) is 39.9. The zero-order valence-electron chi connectivity index (χ0n) is 33.7. The Bertz CT molecular complexity index is 2190. The third-order valence-electron chi connectivity index (χ3n) is 12.2. The van der Waals surface area contributed by atoms with Gasteiger partial charge < -0.3 is 39.7 Å². The molecule has 4 aliphatic rings. The van der Waals surface area contributed by atoms with Crippen LogP contribution in [0.5, 0.6) is 0 Å². The summed E-state index contributed by atoms with van der Waals surface area (Å²) >= 11 is 0. The Balaban J connectivity index is 0.000000236. The van der Waals surface area contributed by atoms with Crippen LogP contribution in [0.4, 0.5) is 4.79 Å². The summed E-state index contributed by atoms with van der Waals surface area (Å²) in [5.41, 5.74) is 7.14. The Kier molecular flexibility index (Phi) is 11.9. The van der Waals surface area contributed by atoms with Crippen molar-refractivity contribution in [3.8, 4) is 33.6 Å². The van der Waals surface area contributed by atoms with Gasteiger partial charge in [0.15, 0.2) is 5.79 Å². The number of alkyl carbamates (subject to hydrolysis) is 1. The topological polar surface area (TPSA) is 176 Å². The van der Waals surface area contributed by atoms with E-state index >= 15 is 0 Å². The maximum atomic E-state index is 13.8. The highest BCUT2D eigenvalue weighted by atomic mass is 16.7. The number of nitrogens with one attached hydrogen (secondary N) is 4. The van der Waals surface area contributed by atoms with Crippen LogP contribution < -0.4 is 10.6 Å². The largest absolute Gasteiger partial charge is 0.453 e. The molecule has 2 saturated carbocycles. The lowest BCUT2D eigenvalue weighted by atomic mass is 9.88. The van der Waals surface area contributed by atoms with Gasteiger partial charge in [0, 0.05) is 31.3 Å². The molecule has 2 aliphatic carbocycles. The first-order valence-electron chi connectivity index (χ1n) is 20.5. The summed E-state index contributed by atoms with van der Waals surface area (Å²) in [6.07, 6.45) is 13.6. The average molecular weight is 801 g/mol. The number of methoxy groups -OCH3 is 1. The smallest absolute Gasteiger partial charge is 0.407 e. The molecule has 1 spiro atoms. The van der Waals surface area contributed by atoms with Crippen LogP contribution in [0.3, 0.4) is 0 Å². The summed E-state index contributed by atoms with van der Waals surface area (Å²) < 4.78 is 16.7. The molecule has 9 rings (SSSR count). The van der Waals surface area contributed by atoms with E-state index in [-0.39, 0.29) is 30.2 Å². The fourth-order valence-corrected chi connectivity index (χ4v) is 9.04. The van der Waals surface area contributed by atoms with E-state index in [1.807, 2.05) is 38.1 Å². The molecule has 5 heterocycles. The highest BCUT2D eigenvalue weighted by Gasteiger charge is 2.53. The number of hydrogen-bond acceptors (Lipinski definition) is 9. The van der Waals surface area contributed by atoms with Crippen molar-refractivity contribution in [1.82, 2.24) is 40.5 Å². The van der Waals surface area contributed by atoms with Gasteiger partial charge in [-0.1, -0.05) is 74.9 Å². The molecule has 4 N–H and O–H groups in total. The number of H-pyrrole nitrogens is 2. The summed E-state index contributed by atoms with van der Waals surface area (Å²) in [6, 6.07) is 19.3. The highest BCUT2D eigenvalue weighted by Crippen LogP contribution is 2.48. The molecular formula is C45H52N8O6. The molecule has 2 aliphatic heterocycles. The van der Waals surface area contributed by atoms with Crippen molar-refractivity contribution < 1.29 is 28.6 Å². The molecule has 4 fully saturated rings. The Labute approximate surface area is 343 Å². The minimum atomic E-state index is -0.894. The Hall–Kier alpha value is -5.86. The second-order valence-electron chi connectivity index (χ2n) is 16.3. The van der Waals surface area contributed by atoms with Gasteiger partial charge in [-0.05, 0) is 70.9 Å². The van der Waals surface area contributed by atoms with Crippen LogP contribution in [0, 0.1) is 23.7 Å². The highest BCUT2D eigenvalue weighted by molar-refractivity contribution is 5.86. The van der Waals surface area contributed by atoms with Gasteiger partial charge in [0.25, 0.3) is 0 Å². The third-order valence-corrected chi connectivity index (χ3v) is 12.2. The number of ether oxygens (including phenoxy) is 3. The lowest BCUT2D eigenvalue weighted by molar-refractivity contribution is -0.153. The summed E-state index contributed by atoms with van der Waals surface area (Å²) in [5, 5.41) is 5.73. The molecule has 5 unspecified atom stereocenters. The van der Waals surface area contributed by atoms with Crippen LogP contribution in [0.25, 0.3) is 33.6 Å². The van der Waals surface area contributed by atoms with Crippen LogP contribution >= 0.6 is 0 Å². The molecule has 59 heavy (non-hydrogen) atoms.